The first-order valence-electron chi connectivity index (χ1n) is 13.5. The average molecular weight is 488 g/mol. The van der Waals surface area contributed by atoms with E-state index < -0.39 is 0 Å². The highest BCUT2D eigenvalue weighted by Gasteiger charge is 2.38. The zero-order valence-electron chi connectivity index (χ0n) is 21.6. The molecule has 2 fully saturated rings. The monoisotopic (exact) mass is 487 g/mol. The third kappa shape index (κ3) is 4.19. The predicted molar refractivity (Wildman–Crippen MR) is 143 cm³/mol. The van der Waals surface area contributed by atoms with E-state index in [2.05, 4.69) is 79.9 Å². The Morgan fingerprint density at radius 2 is 1.81 bits per heavy atom. The molecule has 1 saturated heterocycles. The molecule has 2 aliphatic heterocycles. The van der Waals surface area contributed by atoms with Gasteiger partial charge in [-0.2, -0.15) is 4.98 Å². The number of nitrogens with zero attached hydrogens (tertiary/aromatic N) is 8. The first-order valence-corrected chi connectivity index (χ1v) is 13.5. The van der Waals surface area contributed by atoms with Crippen LogP contribution in [0.15, 0.2) is 36.8 Å². The quantitative estimate of drug-likeness (QED) is 0.554. The van der Waals surface area contributed by atoms with E-state index in [4.69, 9.17) is 9.97 Å². The van der Waals surface area contributed by atoms with E-state index in [9.17, 15) is 0 Å². The summed E-state index contributed by atoms with van der Waals surface area (Å²) in [5.74, 6) is 2.66. The van der Waals surface area contributed by atoms with Crippen LogP contribution in [0.25, 0.3) is 5.69 Å². The summed E-state index contributed by atoms with van der Waals surface area (Å²) in [6.45, 7) is 8.79. The molecule has 2 aromatic heterocycles. The van der Waals surface area contributed by atoms with Crippen molar-refractivity contribution in [3.05, 3.63) is 48.2 Å². The Labute approximate surface area is 213 Å². The van der Waals surface area contributed by atoms with E-state index >= 15 is 0 Å². The molecule has 3 aliphatic rings. The Morgan fingerprint density at radius 3 is 2.53 bits per heavy atom. The number of hydrogen-bond donors (Lipinski definition) is 1. The van der Waals surface area contributed by atoms with Crippen LogP contribution in [-0.2, 0) is 0 Å². The Morgan fingerprint density at radius 1 is 1.06 bits per heavy atom. The van der Waals surface area contributed by atoms with Crippen LogP contribution in [0.5, 0.6) is 0 Å². The van der Waals surface area contributed by atoms with Crippen LogP contribution in [-0.4, -0.2) is 68.9 Å². The molecule has 36 heavy (non-hydrogen) atoms. The standard InChI is InChI=1S/C27H37N9/c1-4-23-26-32-29-18-35(26)24-17-28-27(31-25(24)36(23)22-7-5-6-8-22)30-19(2)20-9-11-21(12-10-20)34-15-13-33(3)14-16-34/h9-12,17-19,22-23H,4-8,13-16H2,1-3H3,(H,28,30,31)/t19-,23?/m0/s1. The van der Waals surface area contributed by atoms with Gasteiger partial charge in [0.2, 0.25) is 5.95 Å². The maximum Gasteiger partial charge on any atom is 0.225 e. The zero-order chi connectivity index (χ0) is 24.6. The molecule has 0 amide bonds. The molecule has 0 bridgehead atoms. The third-order valence-electron chi connectivity index (χ3n) is 8.17. The van der Waals surface area contributed by atoms with E-state index in [-0.39, 0.29) is 12.1 Å². The number of fused-ring (bicyclic) bond motifs is 3. The molecule has 3 aromatic rings. The second-order valence-electron chi connectivity index (χ2n) is 10.5. The van der Waals surface area contributed by atoms with Crippen molar-refractivity contribution in [1.82, 2.24) is 29.6 Å². The lowest BCUT2D eigenvalue weighted by Crippen LogP contribution is -2.44. The van der Waals surface area contributed by atoms with Gasteiger partial charge in [0.25, 0.3) is 0 Å². The minimum Gasteiger partial charge on any atom is -0.369 e. The molecule has 2 atom stereocenters. The molecule has 6 rings (SSSR count). The van der Waals surface area contributed by atoms with E-state index in [0.717, 1.165) is 49.9 Å². The van der Waals surface area contributed by atoms with Gasteiger partial charge in [0, 0.05) is 37.9 Å². The van der Waals surface area contributed by atoms with Crippen LogP contribution in [0.1, 0.15) is 69.4 Å². The van der Waals surface area contributed by atoms with E-state index in [0.29, 0.717) is 12.0 Å². The SMILES string of the molecule is CCC1c2nncn2-c2cnc(N[C@@H](C)c3ccc(N4CCN(C)CC4)cc3)nc2N1C1CCCC1. The molecule has 1 N–H and O–H groups in total. The molecule has 0 spiro atoms. The Bertz CT molecular complexity index is 1180. The van der Waals surface area contributed by atoms with E-state index in [1.165, 1.54) is 36.9 Å². The average Bonchev–Trinajstić information content (AvgIpc) is 3.61. The number of nitrogens with one attached hydrogen (secondary N) is 1. The van der Waals surface area contributed by atoms with Crippen molar-refractivity contribution in [2.45, 2.75) is 64.1 Å². The normalized spacial score (nSPS) is 21.4. The van der Waals surface area contributed by atoms with E-state index in [1.807, 2.05) is 6.20 Å². The predicted octanol–water partition coefficient (Wildman–Crippen LogP) is 4.20. The molecule has 1 aromatic carbocycles. The summed E-state index contributed by atoms with van der Waals surface area (Å²) in [4.78, 5) is 17.2. The van der Waals surface area contributed by atoms with Crippen molar-refractivity contribution in [1.29, 1.82) is 0 Å². The molecule has 9 heteroatoms. The van der Waals surface area contributed by atoms with Crippen LogP contribution in [0.2, 0.25) is 0 Å². The fourth-order valence-electron chi connectivity index (χ4n) is 6.03. The van der Waals surface area contributed by atoms with Crippen LogP contribution in [0.3, 0.4) is 0 Å². The number of aromatic nitrogens is 5. The number of anilines is 3. The molecule has 1 aliphatic carbocycles. The minimum absolute atomic E-state index is 0.0977. The Balaban J connectivity index is 1.24. The minimum atomic E-state index is 0.0977. The molecule has 9 nitrogen and oxygen atoms in total. The Kier molecular flexibility index (Phi) is 6.25. The molecule has 4 heterocycles. The van der Waals surface area contributed by atoms with Gasteiger partial charge in [-0.1, -0.05) is 31.9 Å². The summed E-state index contributed by atoms with van der Waals surface area (Å²) < 4.78 is 2.07. The van der Waals surface area contributed by atoms with Gasteiger partial charge in [-0.3, -0.25) is 4.57 Å². The van der Waals surface area contributed by atoms with Crippen molar-refractivity contribution in [2.24, 2.45) is 0 Å². The molecular weight excluding hydrogens is 450 g/mol. The van der Waals surface area contributed by atoms with Gasteiger partial charge in [-0.05, 0) is 50.9 Å². The first-order chi connectivity index (χ1) is 17.6. The lowest BCUT2D eigenvalue weighted by Gasteiger charge is -2.40. The van der Waals surface area contributed by atoms with Gasteiger partial charge in [-0.25, -0.2) is 4.98 Å². The van der Waals surface area contributed by atoms with Crippen LogP contribution >= 0.6 is 0 Å². The lowest BCUT2D eigenvalue weighted by molar-refractivity contribution is 0.313. The van der Waals surface area contributed by atoms with Crippen molar-refractivity contribution < 1.29 is 0 Å². The number of rotatable bonds is 6. The largest absolute Gasteiger partial charge is 0.369 e. The Hall–Kier alpha value is -3.20. The smallest absolute Gasteiger partial charge is 0.225 e. The number of hydrogen-bond acceptors (Lipinski definition) is 8. The number of benzene rings is 1. The second kappa shape index (κ2) is 9.69. The van der Waals surface area contributed by atoms with Gasteiger partial charge in [0.1, 0.15) is 12.0 Å². The number of piperazine rings is 1. The summed E-state index contributed by atoms with van der Waals surface area (Å²) in [7, 11) is 2.19. The maximum absolute atomic E-state index is 5.09. The highest BCUT2D eigenvalue weighted by Crippen LogP contribution is 2.42. The fourth-order valence-corrected chi connectivity index (χ4v) is 6.03. The highest BCUT2D eigenvalue weighted by molar-refractivity contribution is 5.63. The van der Waals surface area contributed by atoms with Gasteiger partial charge in [0.15, 0.2) is 11.6 Å². The van der Waals surface area contributed by atoms with Crippen molar-refractivity contribution >= 4 is 17.5 Å². The second-order valence-corrected chi connectivity index (χ2v) is 10.5. The lowest BCUT2D eigenvalue weighted by atomic mass is 10.0. The van der Waals surface area contributed by atoms with Crippen LogP contribution in [0, 0.1) is 0 Å². The topological polar surface area (TPSA) is 78.2 Å². The maximum atomic E-state index is 5.09. The summed E-state index contributed by atoms with van der Waals surface area (Å²) in [6, 6.07) is 9.71. The third-order valence-corrected chi connectivity index (χ3v) is 8.17. The van der Waals surface area contributed by atoms with Crippen molar-refractivity contribution in [3.8, 4) is 5.69 Å². The fraction of sp³-hybridized carbons (Fsp3) is 0.556. The first kappa shape index (κ1) is 23.2. The summed E-state index contributed by atoms with van der Waals surface area (Å²) >= 11 is 0. The molecule has 1 unspecified atom stereocenters. The summed E-state index contributed by atoms with van der Waals surface area (Å²) in [6.07, 6.45) is 9.64. The van der Waals surface area contributed by atoms with Gasteiger partial charge in [0.05, 0.1) is 18.3 Å². The number of likely N-dealkylation sites (N-methyl/N-ethyl adjacent to an activating group) is 1. The zero-order valence-corrected chi connectivity index (χ0v) is 21.6. The van der Waals surface area contributed by atoms with E-state index in [1.54, 1.807) is 6.33 Å². The highest BCUT2D eigenvalue weighted by atomic mass is 15.4. The summed E-state index contributed by atoms with van der Waals surface area (Å²) in [5.41, 5.74) is 3.50. The molecule has 0 radical (unpaired) electrons. The van der Waals surface area contributed by atoms with Gasteiger partial charge >= 0.3 is 0 Å². The van der Waals surface area contributed by atoms with Gasteiger partial charge in [-0.15, -0.1) is 10.2 Å². The molecule has 190 valence electrons. The molecular formula is C27H37N9. The van der Waals surface area contributed by atoms with Crippen molar-refractivity contribution in [2.75, 3.05) is 48.3 Å². The van der Waals surface area contributed by atoms with Crippen LogP contribution in [0.4, 0.5) is 17.5 Å². The molecule has 1 saturated carbocycles. The van der Waals surface area contributed by atoms with Crippen LogP contribution < -0.4 is 15.1 Å². The van der Waals surface area contributed by atoms with Crippen molar-refractivity contribution in [3.63, 3.8) is 0 Å². The van der Waals surface area contributed by atoms with Gasteiger partial charge < -0.3 is 20.0 Å². The summed E-state index contributed by atoms with van der Waals surface area (Å²) in [5, 5.41) is 12.3.